The second-order valence-electron chi connectivity index (χ2n) is 6.67. The average Bonchev–Trinajstić information content (AvgIpc) is 3.18. The Kier molecular flexibility index (Phi) is 3.69. The van der Waals surface area contributed by atoms with Crippen molar-refractivity contribution in [1.29, 1.82) is 0 Å². The van der Waals surface area contributed by atoms with E-state index in [0.29, 0.717) is 35.3 Å². The fraction of sp³-hybridized carbons (Fsp3) is 0.389. The first-order valence-corrected chi connectivity index (χ1v) is 8.34. The zero-order valence-electron chi connectivity index (χ0n) is 13.3. The number of fused-ring (bicyclic) bond motifs is 2. The predicted molar refractivity (Wildman–Crippen MR) is 90.3 cm³/mol. The van der Waals surface area contributed by atoms with Gasteiger partial charge in [-0.1, -0.05) is 12.1 Å². The summed E-state index contributed by atoms with van der Waals surface area (Å²) in [7, 11) is 0. The van der Waals surface area contributed by atoms with Gasteiger partial charge in [-0.15, -0.1) is 10.2 Å². The number of nitrogens with zero attached hydrogens (tertiary/aromatic N) is 2. The molecule has 24 heavy (non-hydrogen) atoms. The number of hydrogen-bond donors (Lipinski definition) is 3. The van der Waals surface area contributed by atoms with Crippen LogP contribution in [0.15, 0.2) is 30.3 Å². The van der Waals surface area contributed by atoms with Gasteiger partial charge in [0.15, 0.2) is 5.82 Å². The molecule has 4 N–H and O–H groups in total. The van der Waals surface area contributed by atoms with Crippen molar-refractivity contribution in [3.8, 4) is 17.0 Å². The van der Waals surface area contributed by atoms with Crippen molar-refractivity contribution in [2.45, 2.75) is 31.7 Å². The van der Waals surface area contributed by atoms with Gasteiger partial charge in [0.1, 0.15) is 5.75 Å². The van der Waals surface area contributed by atoms with E-state index in [1.54, 1.807) is 18.2 Å². The molecule has 1 aliphatic carbocycles. The summed E-state index contributed by atoms with van der Waals surface area (Å²) in [6.07, 6.45) is 3.12. The molecule has 1 fully saturated rings. The van der Waals surface area contributed by atoms with E-state index in [9.17, 15) is 9.90 Å². The third-order valence-electron chi connectivity index (χ3n) is 5.11. The molecular weight excluding hydrogens is 304 g/mol. The minimum atomic E-state index is -0.0338. The van der Waals surface area contributed by atoms with E-state index < -0.39 is 0 Å². The van der Waals surface area contributed by atoms with Gasteiger partial charge < -0.3 is 16.2 Å². The van der Waals surface area contributed by atoms with Crippen LogP contribution in [0.3, 0.4) is 0 Å². The summed E-state index contributed by atoms with van der Waals surface area (Å²) in [4.78, 5) is 12.0. The number of phenols is 1. The summed E-state index contributed by atoms with van der Waals surface area (Å²) in [6.45, 7) is 0. The molecule has 1 aromatic carbocycles. The van der Waals surface area contributed by atoms with Crippen LogP contribution in [0.1, 0.15) is 24.8 Å². The van der Waals surface area contributed by atoms with Crippen molar-refractivity contribution in [2.24, 2.45) is 17.6 Å². The molecule has 4 rings (SSSR count). The minimum Gasteiger partial charge on any atom is -0.507 e. The Morgan fingerprint density at radius 2 is 2.04 bits per heavy atom. The topological polar surface area (TPSA) is 101 Å². The fourth-order valence-corrected chi connectivity index (χ4v) is 3.63. The summed E-state index contributed by atoms with van der Waals surface area (Å²) in [5, 5.41) is 21.3. The van der Waals surface area contributed by atoms with Gasteiger partial charge in [0.2, 0.25) is 5.91 Å². The third kappa shape index (κ3) is 2.73. The van der Waals surface area contributed by atoms with Crippen molar-refractivity contribution in [2.75, 3.05) is 5.32 Å². The minimum absolute atomic E-state index is 0.0338. The molecule has 3 atom stereocenters. The molecule has 2 unspecified atom stereocenters. The van der Waals surface area contributed by atoms with E-state index >= 15 is 0 Å². The number of nitrogens with one attached hydrogen (secondary N) is 1. The lowest BCUT2D eigenvalue weighted by atomic mass is 10.0. The van der Waals surface area contributed by atoms with Gasteiger partial charge in [-0.05, 0) is 54.9 Å². The number of carbonyl (C=O) groups is 1. The molecule has 0 spiro atoms. The first kappa shape index (κ1) is 15.1. The summed E-state index contributed by atoms with van der Waals surface area (Å²) >= 11 is 0. The maximum atomic E-state index is 12.0. The number of aromatic nitrogens is 2. The molecule has 1 saturated carbocycles. The van der Waals surface area contributed by atoms with E-state index in [-0.39, 0.29) is 17.7 Å². The van der Waals surface area contributed by atoms with E-state index in [2.05, 4.69) is 15.5 Å². The standard InChI is InChI=1S/C18H20N4O2/c19-17-11-5-3-7-16(24)20-18-10(8-13(11)17)9-14(21-22-18)12-4-1-2-6-15(12)23/h1-2,4,6,9,11,13,17,23H,3,5,7-8,19H2,(H,20,22,24)/t11?,13?,17-/m0/s1. The van der Waals surface area contributed by atoms with Crippen LogP contribution < -0.4 is 11.1 Å². The van der Waals surface area contributed by atoms with Crippen LogP contribution in [0.5, 0.6) is 5.75 Å². The number of rotatable bonds is 1. The van der Waals surface area contributed by atoms with Crippen molar-refractivity contribution >= 4 is 11.7 Å². The van der Waals surface area contributed by atoms with Crippen LogP contribution in [0, 0.1) is 11.8 Å². The second-order valence-corrected chi connectivity index (χ2v) is 6.67. The highest BCUT2D eigenvalue weighted by atomic mass is 16.3. The molecule has 0 saturated heterocycles. The van der Waals surface area contributed by atoms with Crippen LogP contribution in [0.2, 0.25) is 0 Å². The average molecular weight is 324 g/mol. The van der Waals surface area contributed by atoms with Crippen LogP contribution in [-0.4, -0.2) is 27.3 Å². The van der Waals surface area contributed by atoms with Crippen LogP contribution in [0.25, 0.3) is 11.3 Å². The number of aromatic hydroxyl groups is 1. The van der Waals surface area contributed by atoms with Crippen LogP contribution >= 0.6 is 0 Å². The molecule has 6 heteroatoms. The lowest BCUT2D eigenvalue weighted by Crippen LogP contribution is -2.16. The number of amides is 1. The number of hydrogen-bond acceptors (Lipinski definition) is 5. The first-order chi connectivity index (χ1) is 11.6. The largest absolute Gasteiger partial charge is 0.507 e. The van der Waals surface area contributed by atoms with Gasteiger partial charge in [-0.2, -0.15) is 0 Å². The maximum Gasteiger partial charge on any atom is 0.225 e. The fourth-order valence-electron chi connectivity index (χ4n) is 3.63. The van der Waals surface area contributed by atoms with Crippen molar-refractivity contribution in [3.05, 3.63) is 35.9 Å². The Morgan fingerprint density at radius 1 is 1.21 bits per heavy atom. The Morgan fingerprint density at radius 3 is 2.88 bits per heavy atom. The summed E-state index contributed by atoms with van der Waals surface area (Å²) < 4.78 is 0. The first-order valence-electron chi connectivity index (χ1n) is 8.34. The zero-order valence-corrected chi connectivity index (χ0v) is 13.3. The quantitative estimate of drug-likeness (QED) is 0.745. The molecule has 0 radical (unpaired) electrons. The third-order valence-corrected chi connectivity index (χ3v) is 5.11. The van der Waals surface area contributed by atoms with Gasteiger partial charge in [0.05, 0.1) is 5.69 Å². The van der Waals surface area contributed by atoms with Gasteiger partial charge >= 0.3 is 0 Å². The molecule has 124 valence electrons. The lowest BCUT2D eigenvalue weighted by molar-refractivity contribution is -0.116. The summed E-state index contributed by atoms with van der Waals surface area (Å²) in [6, 6.07) is 9.14. The number of carbonyl (C=O) groups excluding carboxylic acids is 1. The van der Waals surface area contributed by atoms with Gasteiger partial charge in [0.25, 0.3) is 0 Å². The van der Waals surface area contributed by atoms with Crippen molar-refractivity contribution in [1.82, 2.24) is 10.2 Å². The molecule has 1 aromatic heterocycles. The van der Waals surface area contributed by atoms with E-state index in [1.165, 1.54) is 0 Å². The maximum absolute atomic E-state index is 12.0. The summed E-state index contributed by atoms with van der Waals surface area (Å²) in [5.41, 5.74) is 8.36. The second kappa shape index (κ2) is 5.87. The molecule has 1 aliphatic heterocycles. The van der Waals surface area contributed by atoms with Crippen molar-refractivity contribution in [3.63, 3.8) is 0 Å². The number of para-hydroxylation sites is 1. The molecule has 0 bridgehead atoms. The molecular formula is C18H20N4O2. The van der Waals surface area contributed by atoms with Gasteiger partial charge in [-0.25, -0.2) is 0 Å². The highest BCUT2D eigenvalue weighted by Gasteiger charge is 2.47. The molecule has 2 aliphatic rings. The molecule has 1 amide bonds. The SMILES string of the molecule is N[C@H]1C2CCCC(=O)Nc3nnc(-c4ccccc4O)cc3CC21. The number of anilines is 1. The highest BCUT2D eigenvalue weighted by Crippen LogP contribution is 2.45. The number of benzene rings is 1. The van der Waals surface area contributed by atoms with E-state index in [1.807, 2.05) is 12.1 Å². The predicted octanol–water partition coefficient (Wildman–Crippen LogP) is 2.09. The molecule has 2 heterocycles. The Balaban J connectivity index is 1.72. The van der Waals surface area contributed by atoms with Gasteiger partial charge in [0, 0.05) is 18.0 Å². The number of nitrogens with two attached hydrogens (primary N) is 1. The normalized spacial score (nSPS) is 26.0. The Bertz CT molecular complexity index is 792. The van der Waals surface area contributed by atoms with Crippen molar-refractivity contribution < 1.29 is 9.90 Å². The van der Waals surface area contributed by atoms with Crippen LogP contribution in [0.4, 0.5) is 5.82 Å². The smallest absolute Gasteiger partial charge is 0.225 e. The zero-order chi connectivity index (χ0) is 16.7. The highest BCUT2D eigenvalue weighted by molar-refractivity contribution is 5.90. The van der Waals surface area contributed by atoms with E-state index in [4.69, 9.17) is 5.73 Å². The number of phenolic OH excluding ortho intramolecular Hbond substituents is 1. The lowest BCUT2D eigenvalue weighted by Gasteiger charge is -2.13. The van der Waals surface area contributed by atoms with Gasteiger partial charge in [-0.3, -0.25) is 4.79 Å². The van der Waals surface area contributed by atoms with Crippen LogP contribution in [-0.2, 0) is 11.2 Å². The monoisotopic (exact) mass is 324 g/mol. The molecule has 2 aromatic rings. The molecule has 6 nitrogen and oxygen atoms in total. The summed E-state index contributed by atoms with van der Waals surface area (Å²) in [5.74, 6) is 1.56. The Hall–Kier alpha value is -2.47. The Labute approximate surface area is 140 Å². The van der Waals surface area contributed by atoms with E-state index in [0.717, 1.165) is 24.8 Å².